The summed E-state index contributed by atoms with van der Waals surface area (Å²) in [5.74, 6) is -1.42. The normalized spacial score (nSPS) is 24.3. The second-order valence-corrected chi connectivity index (χ2v) is 7.18. The minimum absolute atomic E-state index is 0.0312. The number of carbonyl (C=O) groups is 3. The zero-order chi connectivity index (χ0) is 17.3. The number of nitrogens with one attached hydrogen (secondary N) is 1. The van der Waals surface area contributed by atoms with Crippen LogP contribution in [-0.2, 0) is 4.79 Å². The Kier molecular flexibility index (Phi) is 5.10. The lowest BCUT2D eigenvalue weighted by molar-refractivity contribution is -0.127. The first-order chi connectivity index (χ1) is 11.5. The molecular weight excluding hydrogens is 355 g/mol. The maximum Gasteiger partial charge on any atom is 0.289 e. The summed E-state index contributed by atoms with van der Waals surface area (Å²) in [6.45, 7) is 0. The van der Waals surface area contributed by atoms with Crippen LogP contribution >= 0.6 is 23.4 Å². The highest BCUT2D eigenvalue weighted by atomic mass is 35.5. The van der Waals surface area contributed by atoms with E-state index in [0.29, 0.717) is 12.8 Å². The fourth-order valence-electron chi connectivity index (χ4n) is 3.23. The molecule has 3 amide bonds. The summed E-state index contributed by atoms with van der Waals surface area (Å²) in [5.41, 5.74) is -0.211. The Bertz CT molecular complexity index is 664. The Morgan fingerprint density at radius 2 is 2.04 bits per heavy atom. The molecule has 0 spiro atoms. The molecule has 3 rings (SSSR count). The average Bonchev–Trinajstić information content (AvgIpc) is 2.87. The number of rotatable bonds is 3. The Labute approximate surface area is 147 Å². The topological polar surface area (TPSA) is 66.5 Å². The molecule has 2 unspecified atom stereocenters. The van der Waals surface area contributed by atoms with Crippen molar-refractivity contribution in [2.75, 3.05) is 5.75 Å². The van der Waals surface area contributed by atoms with Gasteiger partial charge < -0.3 is 5.32 Å². The van der Waals surface area contributed by atoms with E-state index in [0.717, 1.165) is 24.6 Å². The van der Waals surface area contributed by atoms with E-state index in [4.69, 9.17) is 11.6 Å². The van der Waals surface area contributed by atoms with Crippen molar-refractivity contribution in [1.29, 1.82) is 0 Å². The van der Waals surface area contributed by atoms with Crippen LogP contribution in [0.25, 0.3) is 0 Å². The van der Waals surface area contributed by atoms with Gasteiger partial charge in [0.25, 0.3) is 11.1 Å². The standard InChI is InChI=1S/C16H16ClFN2O3S/c17-9-4-3-5-10(18)14(9)15(22)19-11-6-1-2-7-12(11)20-13(21)8-24-16(20)23/h3-5,11-12H,1-2,6-8H2,(H,19,22). The molecular formula is C16H16ClFN2O3S. The van der Waals surface area contributed by atoms with E-state index in [9.17, 15) is 18.8 Å². The third kappa shape index (κ3) is 3.28. The second-order valence-electron chi connectivity index (χ2n) is 5.85. The number of carbonyl (C=O) groups excluding carboxylic acids is 3. The van der Waals surface area contributed by atoms with Gasteiger partial charge in [0.1, 0.15) is 5.82 Å². The molecule has 1 heterocycles. The fraction of sp³-hybridized carbons (Fsp3) is 0.438. The number of thioether (sulfide) groups is 1. The van der Waals surface area contributed by atoms with Crippen LogP contribution in [0, 0.1) is 5.82 Å². The largest absolute Gasteiger partial charge is 0.347 e. The Hall–Kier alpha value is -1.60. The van der Waals surface area contributed by atoms with Gasteiger partial charge in [-0.3, -0.25) is 19.3 Å². The molecule has 1 aromatic rings. The number of hydrogen-bond acceptors (Lipinski definition) is 4. The fourth-order valence-corrected chi connectivity index (χ4v) is 4.24. The Balaban J connectivity index is 1.80. The maximum absolute atomic E-state index is 13.9. The number of nitrogens with zero attached hydrogens (tertiary/aromatic N) is 1. The molecule has 1 aromatic carbocycles. The van der Waals surface area contributed by atoms with E-state index in [1.165, 1.54) is 23.1 Å². The molecule has 1 saturated heterocycles. The number of benzene rings is 1. The molecule has 5 nitrogen and oxygen atoms in total. The second kappa shape index (κ2) is 7.11. The third-order valence-corrected chi connectivity index (χ3v) is 5.50. The number of imide groups is 1. The van der Waals surface area contributed by atoms with Crippen molar-refractivity contribution < 1.29 is 18.8 Å². The van der Waals surface area contributed by atoms with Crippen LogP contribution in [0.4, 0.5) is 9.18 Å². The summed E-state index contributed by atoms with van der Waals surface area (Å²) in [7, 11) is 0. The van der Waals surface area contributed by atoms with E-state index in [2.05, 4.69) is 5.32 Å². The predicted octanol–water partition coefficient (Wildman–Crippen LogP) is 3.22. The summed E-state index contributed by atoms with van der Waals surface area (Å²) < 4.78 is 13.9. The molecule has 0 bridgehead atoms. The van der Waals surface area contributed by atoms with E-state index in [1.54, 1.807) is 0 Å². The first-order valence-corrected chi connectivity index (χ1v) is 9.09. The molecule has 0 aromatic heterocycles. The van der Waals surface area contributed by atoms with Crippen LogP contribution < -0.4 is 5.32 Å². The molecule has 1 saturated carbocycles. The zero-order valence-corrected chi connectivity index (χ0v) is 14.3. The molecule has 2 atom stereocenters. The summed E-state index contributed by atoms with van der Waals surface area (Å²) in [6.07, 6.45) is 3.01. The van der Waals surface area contributed by atoms with Crippen molar-refractivity contribution in [2.45, 2.75) is 37.8 Å². The van der Waals surface area contributed by atoms with Crippen molar-refractivity contribution in [2.24, 2.45) is 0 Å². The molecule has 1 aliphatic heterocycles. The molecule has 8 heteroatoms. The summed E-state index contributed by atoms with van der Waals surface area (Å²) in [6, 6.07) is 3.26. The van der Waals surface area contributed by atoms with Crippen molar-refractivity contribution >= 4 is 40.4 Å². The van der Waals surface area contributed by atoms with Crippen LogP contribution in [0.2, 0.25) is 5.02 Å². The van der Waals surface area contributed by atoms with Gasteiger partial charge >= 0.3 is 0 Å². The lowest BCUT2D eigenvalue weighted by atomic mass is 9.89. The van der Waals surface area contributed by atoms with Crippen molar-refractivity contribution in [3.05, 3.63) is 34.6 Å². The smallest absolute Gasteiger partial charge is 0.289 e. The highest BCUT2D eigenvalue weighted by Crippen LogP contribution is 2.30. The van der Waals surface area contributed by atoms with Crippen molar-refractivity contribution in [3.8, 4) is 0 Å². The van der Waals surface area contributed by atoms with Crippen LogP contribution in [0.1, 0.15) is 36.0 Å². The minimum Gasteiger partial charge on any atom is -0.347 e. The van der Waals surface area contributed by atoms with Crippen LogP contribution in [0.15, 0.2) is 18.2 Å². The minimum atomic E-state index is -0.698. The monoisotopic (exact) mass is 370 g/mol. The van der Waals surface area contributed by atoms with Gasteiger partial charge in [-0.15, -0.1) is 0 Å². The highest BCUT2D eigenvalue weighted by molar-refractivity contribution is 8.14. The molecule has 0 radical (unpaired) electrons. The first kappa shape index (κ1) is 17.2. The van der Waals surface area contributed by atoms with E-state index in [1.807, 2.05) is 0 Å². The van der Waals surface area contributed by atoms with E-state index < -0.39 is 17.8 Å². The van der Waals surface area contributed by atoms with Gasteiger partial charge in [0.2, 0.25) is 5.91 Å². The summed E-state index contributed by atoms with van der Waals surface area (Å²) >= 11 is 6.90. The van der Waals surface area contributed by atoms with E-state index in [-0.39, 0.29) is 33.5 Å². The quantitative estimate of drug-likeness (QED) is 0.887. The number of halogens is 2. The number of hydrogen-bond donors (Lipinski definition) is 1. The molecule has 2 aliphatic rings. The van der Waals surface area contributed by atoms with Gasteiger partial charge in [0.15, 0.2) is 0 Å². The van der Waals surface area contributed by atoms with E-state index >= 15 is 0 Å². The van der Waals surface area contributed by atoms with Gasteiger partial charge in [-0.05, 0) is 25.0 Å². The van der Waals surface area contributed by atoms with Crippen LogP contribution in [-0.4, -0.2) is 39.8 Å². The molecule has 1 N–H and O–H groups in total. The van der Waals surface area contributed by atoms with Gasteiger partial charge in [-0.1, -0.05) is 42.3 Å². The average molecular weight is 371 g/mol. The van der Waals surface area contributed by atoms with Crippen LogP contribution in [0.5, 0.6) is 0 Å². The van der Waals surface area contributed by atoms with Gasteiger partial charge in [0.05, 0.1) is 28.4 Å². The van der Waals surface area contributed by atoms with Gasteiger partial charge in [-0.25, -0.2) is 4.39 Å². The van der Waals surface area contributed by atoms with Crippen molar-refractivity contribution in [1.82, 2.24) is 10.2 Å². The zero-order valence-electron chi connectivity index (χ0n) is 12.8. The lowest BCUT2D eigenvalue weighted by Gasteiger charge is -2.36. The van der Waals surface area contributed by atoms with Crippen molar-refractivity contribution in [3.63, 3.8) is 0 Å². The highest BCUT2D eigenvalue weighted by Gasteiger charge is 2.41. The number of amides is 3. The van der Waals surface area contributed by atoms with Gasteiger partial charge in [-0.2, -0.15) is 0 Å². The van der Waals surface area contributed by atoms with Gasteiger partial charge in [0, 0.05) is 0 Å². The predicted molar refractivity (Wildman–Crippen MR) is 89.6 cm³/mol. The van der Waals surface area contributed by atoms with Crippen LogP contribution in [0.3, 0.4) is 0 Å². The molecule has 1 aliphatic carbocycles. The first-order valence-electron chi connectivity index (χ1n) is 7.72. The Morgan fingerprint density at radius 3 is 2.71 bits per heavy atom. The third-order valence-electron chi connectivity index (χ3n) is 4.35. The maximum atomic E-state index is 13.9. The summed E-state index contributed by atoms with van der Waals surface area (Å²) in [5, 5.41) is 2.52. The molecule has 128 valence electrons. The Morgan fingerprint density at radius 1 is 1.29 bits per heavy atom. The molecule has 24 heavy (non-hydrogen) atoms. The SMILES string of the molecule is O=C(NC1CCCCC1N1C(=O)CSC1=O)c1c(F)cccc1Cl. The lowest BCUT2D eigenvalue weighted by Crippen LogP contribution is -2.54. The summed E-state index contributed by atoms with van der Waals surface area (Å²) in [4.78, 5) is 37.6. The molecule has 2 fully saturated rings.